The van der Waals surface area contributed by atoms with Crippen molar-refractivity contribution in [1.29, 1.82) is 0 Å². The van der Waals surface area contributed by atoms with E-state index in [0.717, 1.165) is 12.8 Å². The number of halogens is 1. The molecule has 0 aromatic heterocycles. The van der Waals surface area contributed by atoms with E-state index in [2.05, 4.69) is 0 Å². The van der Waals surface area contributed by atoms with Crippen LogP contribution in [0, 0.1) is 17.2 Å². The Kier molecular flexibility index (Phi) is 3.00. The Morgan fingerprint density at radius 2 is 2.00 bits per heavy atom. The first kappa shape index (κ1) is 13.1. The Morgan fingerprint density at radius 3 is 2.60 bits per heavy atom. The molecule has 1 amide bonds. The predicted molar refractivity (Wildman–Crippen MR) is 69.7 cm³/mol. The highest BCUT2D eigenvalue weighted by atomic mass is 19.1. The second kappa shape index (κ2) is 4.58. The summed E-state index contributed by atoms with van der Waals surface area (Å²) >= 11 is 0. The molecule has 3 rings (SSSR count). The first-order valence-electron chi connectivity index (χ1n) is 6.81. The van der Waals surface area contributed by atoms with Crippen molar-refractivity contribution in [1.82, 2.24) is 4.90 Å². The van der Waals surface area contributed by atoms with Crippen LogP contribution >= 0.6 is 0 Å². The SMILES string of the molecule is O=C(c1ccc(F)cc1)N1C[C@@H]2CCC[C@@]2(C(=O)O)C1. The van der Waals surface area contributed by atoms with Crippen molar-refractivity contribution in [3.8, 4) is 0 Å². The molecular formula is C15H16FNO3. The number of carboxylic acid groups (broad SMARTS) is 1. The van der Waals surface area contributed by atoms with Crippen molar-refractivity contribution in [2.75, 3.05) is 13.1 Å². The fraction of sp³-hybridized carbons (Fsp3) is 0.467. The second-order valence-corrected chi connectivity index (χ2v) is 5.74. The first-order chi connectivity index (χ1) is 9.53. The second-order valence-electron chi connectivity index (χ2n) is 5.74. The lowest BCUT2D eigenvalue weighted by atomic mass is 9.81. The van der Waals surface area contributed by atoms with E-state index in [4.69, 9.17) is 0 Å². The summed E-state index contributed by atoms with van der Waals surface area (Å²) in [7, 11) is 0. The van der Waals surface area contributed by atoms with Gasteiger partial charge in [-0.15, -0.1) is 0 Å². The van der Waals surface area contributed by atoms with Gasteiger partial charge < -0.3 is 10.0 Å². The number of amides is 1. The smallest absolute Gasteiger partial charge is 0.311 e. The van der Waals surface area contributed by atoms with Crippen LogP contribution in [0.1, 0.15) is 29.6 Å². The molecule has 1 aliphatic carbocycles. The lowest BCUT2D eigenvalue weighted by Crippen LogP contribution is -2.37. The summed E-state index contributed by atoms with van der Waals surface area (Å²) in [6.07, 6.45) is 2.41. The molecule has 106 valence electrons. The topological polar surface area (TPSA) is 57.6 Å². The summed E-state index contributed by atoms with van der Waals surface area (Å²) in [5.41, 5.74) is -0.359. The van der Waals surface area contributed by atoms with Gasteiger partial charge in [0.2, 0.25) is 0 Å². The molecular weight excluding hydrogens is 261 g/mol. The molecule has 1 saturated heterocycles. The zero-order valence-corrected chi connectivity index (χ0v) is 11.0. The Hall–Kier alpha value is -1.91. The minimum Gasteiger partial charge on any atom is -0.481 e. The van der Waals surface area contributed by atoms with Crippen molar-refractivity contribution >= 4 is 11.9 Å². The zero-order valence-electron chi connectivity index (χ0n) is 11.0. The number of aliphatic carboxylic acids is 1. The van der Waals surface area contributed by atoms with Gasteiger partial charge >= 0.3 is 5.97 Å². The van der Waals surface area contributed by atoms with Gasteiger partial charge in [-0.2, -0.15) is 0 Å². The first-order valence-corrected chi connectivity index (χ1v) is 6.81. The quantitative estimate of drug-likeness (QED) is 0.901. The summed E-state index contributed by atoms with van der Waals surface area (Å²) in [5.74, 6) is -1.35. The Balaban J connectivity index is 1.82. The third-order valence-corrected chi connectivity index (χ3v) is 4.68. The van der Waals surface area contributed by atoms with E-state index in [-0.39, 0.29) is 24.2 Å². The van der Waals surface area contributed by atoms with Crippen LogP contribution in [-0.4, -0.2) is 35.0 Å². The Labute approximate surface area is 116 Å². The molecule has 1 heterocycles. The van der Waals surface area contributed by atoms with E-state index in [1.54, 1.807) is 4.90 Å². The Bertz CT molecular complexity index is 557. The van der Waals surface area contributed by atoms with Gasteiger partial charge in [0.05, 0.1) is 5.41 Å². The summed E-state index contributed by atoms with van der Waals surface area (Å²) < 4.78 is 12.9. The van der Waals surface area contributed by atoms with E-state index in [9.17, 15) is 19.1 Å². The zero-order chi connectivity index (χ0) is 14.3. The highest BCUT2D eigenvalue weighted by Gasteiger charge is 2.55. The number of nitrogens with zero attached hydrogens (tertiary/aromatic N) is 1. The van der Waals surface area contributed by atoms with Gasteiger partial charge in [0, 0.05) is 18.7 Å². The van der Waals surface area contributed by atoms with E-state index in [1.807, 2.05) is 0 Å². The number of rotatable bonds is 2. The number of fused-ring (bicyclic) bond motifs is 1. The van der Waals surface area contributed by atoms with Crippen LogP contribution in [0.3, 0.4) is 0 Å². The fourth-order valence-corrected chi connectivity index (χ4v) is 3.57. The van der Waals surface area contributed by atoms with Crippen molar-refractivity contribution < 1.29 is 19.1 Å². The van der Waals surface area contributed by atoms with Crippen LogP contribution in [0.2, 0.25) is 0 Å². The molecule has 1 aromatic carbocycles. The van der Waals surface area contributed by atoms with Gasteiger partial charge in [0.15, 0.2) is 0 Å². The molecule has 0 bridgehead atoms. The van der Waals surface area contributed by atoms with Crippen molar-refractivity contribution in [3.05, 3.63) is 35.6 Å². The summed E-state index contributed by atoms with van der Waals surface area (Å²) in [6, 6.07) is 5.38. The molecule has 5 heteroatoms. The predicted octanol–water partition coefficient (Wildman–Crippen LogP) is 2.15. The van der Waals surface area contributed by atoms with Crippen LogP contribution in [0.15, 0.2) is 24.3 Å². The minimum atomic E-state index is -0.797. The standard InChI is InChI=1S/C15H16FNO3/c16-12-5-3-10(4-6-12)13(18)17-8-11-2-1-7-15(11,9-17)14(19)20/h3-6,11H,1-2,7-9H2,(H,19,20)/t11-,15+/m0/s1. The van der Waals surface area contributed by atoms with Crippen LogP contribution in [-0.2, 0) is 4.79 Å². The molecule has 2 atom stereocenters. The van der Waals surface area contributed by atoms with Crippen LogP contribution in [0.25, 0.3) is 0 Å². The maximum absolute atomic E-state index is 12.9. The number of benzene rings is 1. The number of carbonyl (C=O) groups excluding carboxylic acids is 1. The number of carboxylic acids is 1. The van der Waals surface area contributed by atoms with Gasteiger partial charge in [-0.1, -0.05) is 6.42 Å². The van der Waals surface area contributed by atoms with E-state index >= 15 is 0 Å². The maximum atomic E-state index is 12.9. The summed E-state index contributed by atoms with van der Waals surface area (Å²) in [5, 5.41) is 9.49. The molecule has 20 heavy (non-hydrogen) atoms. The van der Waals surface area contributed by atoms with E-state index in [1.165, 1.54) is 24.3 Å². The summed E-state index contributed by atoms with van der Waals surface area (Å²) in [6.45, 7) is 0.756. The van der Waals surface area contributed by atoms with Crippen molar-refractivity contribution in [3.63, 3.8) is 0 Å². The van der Waals surface area contributed by atoms with Crippen LogP contribution < -0.4 is 0 Å². The Morgan fingerprint density at radius 1 is 1.30 bits per heavy atom. The molecule has 0 unspecified atom stereocenters. The lowest BCUT2D eigenvalue weighted by Gasteiger charge is -2.23. The van der Waals surface area contributed by atoms with E-state index < -0.39 is 11.4 Å². The minimum absolute atomic E-state index is 0.0457. The van der Waals surface area contributed by atoms with Gasteiger partial charge in [-0.05, 0) is 43.0 Å². The number of hydrogen-bond donors (Lipinski definition) is 1. The molecule has 0 radical (unpaired) electrons. The van der Waals surface area contributed by atoms with Crippen molar-refractivity contribution in [2.45, 2.75) is 19.3 Å². The monoisotopic (exact) mass is 277 g/mol. The average Bonchev–Trinajstić information content (AvgIpc) is 2.96. The number of hydrogen-bond acceptors (Lipinski definition) is 2. The normalized spacial score (nSPS) is 28.4. The molecule has 1 aromatic rings. The third-order valence-electron chi connectivity index (χ3n) is 4.68. The average molecular weight is 277 g/mol. The molecule has 2 fully saturated rings. The largest absolute Gasteiger partial charge is 0.481 e. The third kappa shape index (κ3) is 1.88. The molecule has 0 spiro atoms. The molecule has 4 nitrogen and oxygen atoms in total. The highest BCUT2D eigenvalue weighted by Crippen LogP contribution is 2.49. The fourth-order valence-electron chi connectivity index (χ4n) is 3.57. The van der Waals surface area contributed by atoms with Crippen molar-refractivity contribution in [2.24, 2.45) is 11.3 Å². The van der Waals surface area contributed by atoms with Crippen LogP contribution in [0.4, 0.5) is 4.39 Å². The van der Waals surface area contributed by atoms with Gasteiger partial charge in [0.25, 0.3) is 5.91 Å². The van der Waals surface area contributed by atoms with Gasteiger partial charge in [-0.25, -0.2) is 4.39 Å². The van der Waals surface area contributed by atoms with E-state index in [0.29, 0.717) is 18.5 Å². The number of likely N-dealkylation sites (tertiary alicyclic amines) is 1. The van der Waals surface area contributed by atoms with Crippen LogP contribution in [0.5, 0.6) is 0 Å². The lowest BCUT2D eigenvalue weighted by molar-refractivity contribution is -0.149. The summed E-state index contributed by atoms with van der Waals surface area (Å²) in [4.78, 5) is 25.5. The maximum Gasteiger partial charge on any atom is 0.311 e. The molecule has 2 aliphatic rings. The van der Waals surface area contributed by atoms with Gasteiger partial charge in [0.1, 0.15) is 5.82 Å². The number of carbonyl (C=O) groups is 2. The molecule has 1 N–H and O–H groups in total. The molecule has 1 aliphatic heterocycles. The van der Waals surface area contributed by atoms with Gasteiger partial charge in [-0.3, -0.25) is 9.59 Å². The highest BCUT2D eigenvalue weighted by molar-refractivity contribution is 5.95. The molecule has 1 saturated carbocycles.